The number of unbranched alkanes of at least 4 members (excludes halogenated alkanes) is 2. The molecule has 6 heteroatoms. The molecule has 0 aromatic heterocycles. The molecule has 4 nitrogen and oxygen atoms in total. The van der Waals surface area contributed by atoms with E-state index >= 15 is 0 Å². The van der Waals surface area contributed by atoms with Crippen LogP contribution in [-0.4, -0.2) is 5.91 Å². The molecule has 1 N–H and O–H groups in total. The maximum Gasteiger partial charge on any atom is 0.251 e. The molecule has 201 valence electrons. The molecule has 0 heterocycles. The third-order valence-corrected chi connectivity index (χ3v) is 7.83. The molecule has 1 amide bonds. The molecule has 4 aromatic rings. The van der Waals surface area contributed by atoms with Crippen LogP contribution in [0.4, 0.5) is 0 Å². The SMILES string of the molecule is CCCCCc1ccc(CNC(=O)c2cc(Br)c(C[N]Cc3ccc(Oc4ccccc4)cc3)c(Br)c2)cc1. The maximum absolute atomic E-state index is 12.8. The van der Waals surface area contributed by atoms with Crippen LogP contribution in [0.25, 0.3) is 0 Å². The van der Waals surface area contributed by atoms with E-state index in [1.54, 1.807) is 0 Å². The van der Waals surface area contributed by atoms with Gasteiger partial charge in [-0.05, 0) is 71.5 Å². The number of carbonyl (C=O) groups is 1. The van der Waals surface area contributed by atoms with Gasteiger partial charge in [0.05, 0.1) is 0 Å². The lowest BCUT2D eigenvalue weighted by Crippen LogP contribution is -2.23. The van der Waals surface area contributed by atoms with Crippen molar-refractivity contribution in [1.82, 2.24) is 10.6 Å². The predicted octanol–water partition coefficient (Wildman–Crippen LogP) is 8.97. The van der Waals surface area contributed by atoms with E-state index in [0.717, 1.165) is 43.6 Å². The fourth-order valence-corrected chi connectivity index (χ4v) is 5.59. The standard InChI is InChI=1S/C33H33Br2N2O2/c1-2-3-5-8-24-11-13-26(14-12-24)22-37-33(38)27-19-31(34)30(32(35)20-27)23-36-21-25-15-17-29(18-16-25)39-28-9-6-4-7-10-28/h4,6-7,9-20H,2-3,5,8,21-23H2,1H3,(H,37,38). The van der Waals surface area contributed by atoms with E-state index < -0.39 is 0 Å². The van der Waals surface area contributed by atoms with Gasteiger partial charge in [-0.2, -0.15) is 0 Å². The van der Waals surface area contributed by atoms with Crippen LogP contribution in [0.15, 0.2) is 99.9 Å². The zero-order chi connectivity index (χ0) is 27.5. The topological polar surface area (TPSA) is 52.4 Å². The van der Waals surface area contributed by atoms with Gasteiger partial charge in [-0.3, -0.25) is 4.79 Å². The van der Waals surface area contributed by atoms with Gasteiger partial charge in [-0.25, -0.2) is 5.32 Å². The number of aryl methyl sites for hydroxylation is 1. The van der Waals surface area contributed by atoms with Crippen molar-refractivity contribution in [2.24, 2.45) is 0 Å². The highest BCUT2D eigenvalue weighted by Gasteiger charge is 2.13. The van der Waals surface area contributed by atoms with Crippen LogP contribution in [-0.2, 0) is 26.1 Å². The predicted molar refractivity (Wildman–Crippen MR) is 165 cm³/mol. The first-order valence-electron chi connectivity index (χ1n) is 13.3. The highest BCUT2D eigenvalue weighted by Crippen LogP contribution is 2.28. The molecule has 0 saturated heterocycles. The van der Waals surface area contributed by atoms with E-state index in [0.29, 0.717) is 25.2 Å². The van der Waals surface area contributed by atoms with Gasteiger partial charge in [-0.1, -0.05) is 106 Å². The third-order valence-electron chi connectivity index (χ3n) is 6.41. The van der Waals surface area contributed by atoms with Crippen molar-refractivity contribution >= 4 is 37.8 Å². The van der Waals surface area contributed by atoms with Crippen molar-refractivity contribution in [3.63, 3.8) is 0 Å². The summed E-state index contributed by atoms with van der Waals surface area (Å²) in [6.07, 6.45) is 4.82. The fourth-order valence-electron chi connectivity index (χ4n) is 4.16. The Balaban J connectivity index is 1.26. The average Bonchev–Trinajstić information content (AvgIpc) is 2.95. The Hall–Kier alpha value is -2.93. The average molecular weight is 649 g/mol. The number of amides is 1. The Kier molecular flexibility index (Phi) is 11.2. The van der Waals surface area contributed by atoms with E-state index in [1.807, 2.05) is 66.7 Å². The van der Waals surface area contributed by atoms with Crippen LogP contribution in [0.5, 0.6) is 11.5 Å². The van der Waals surface area contributed by atoms with Gasteiger partial charge in [0.15, 0.2) is 0 Å². The van der Waals surface area contributed by atoms with Gasteiger partial charge < -0.3 is 10.1 Å². The molecule has 0 atom stereocenters. The second kappa shape index (κ2) is 15.0. The number of nitrogens with one attached hydrogen (secondary N) is 1. The first-order chi connectivity index (χ1) is 19.0. The molecule has 0 aliphatic carbocycles. The summed E-state index contributed by atoms with van der Waals surface area (Å²) < 4.78 is 7.57. The summed E-state index contributed by atoms with van der Waals surface area (Å²) >= 11 is 7.27. The van der Waals surface area contributed by atoms with E-state index in [-0.39, 0.29) is 5.91 Å². The summed E-state index contributed by atoms with van der Waals surface area (Å²) in [5.74, 6) is 1.50. The zero-order valence-corrected chi connectivity index (χ0v) is 25.3. The summed E-state index contributed by atoms with van der Waals surface area (Å²) in [6, 6.07) is 29.9. The molecule has 0 saturated carbocycles. The molecular weight excluding hydrogens is 616 g/mol. The molecule has 0 aliphatic heterocycles. The summed E-state index contributed by atoms with van der Waals surface area (Å²) in [5, 5.41) is 7.76. The summed E-state index contributed by atoms with van der Waals surface area (Å²) in [4.78, 5) is 12.8. The zero-order valence-electron chi connectivity index (χ0n) is 22.1. The first kappa shape index (κ1) is 29.1. The normalized spacial score (nSPS) is 10.8. The Morgan fingerprint density at radius 1 is 0.769 bits per heavy atom. The number of nitrogens with zero attached hydrogens (tertiary/aromatic N) is 1. The lowest BCUT2D eigenvalue weighted by Gasteiger charge is -2.12. The lowest BCUT2D eigenvalue weighted by atomic mass is 10.1. The molecule has 0 spiro atoms. The number of hydrogen-bond donors (Lipinski definition) is 1. The van der Waals surface area contributed by atoms with Gasteiger partial charge in [0.25, 0.3) is 5.91 Å². The second-order valence-corrected chi connectivity index (χ2v) is 11.2. The van der Waals surface area contributed by atoms with Gasteiger partial charge in [-0.15, -0.1) is 0 Å². The molecule has 0 bridgehead atoms. The minimum Gasteiger partial charge on any atom is -0.457 e. The summed E-state index contributed by atoms with van der Waals surface area (Å²) in [6.45, 7) is 3.83. The monoisotopic (exact) mass is 647 g/mol. The van der Waals surface area contributed by atoms with Crippen molar-refractivity contribution in [3.05, 3.63) is 128 Å². The Morgan fingerprint density at radius 3 is 2.05 bits per heavy atom. The highest BCUT2D eigenvalue weighted by molar-refractivity contribution is 9.11. The molecular formula is C33H33Br2N2O2. The third kappa shape index (κ3) is 9.06. The number of para-hydroxylation sites is 1. The fraction of sp³-hybridized carbons (Fsp3) is 0.242. The van der Waals surface area contributed by atoms with Crippen molar-refractivity contribution in [3.8, 4) is 11.5 Å². The number of benzene rings is 4. The minimum absolute atomic E-state index is 0.107. The summed E-state index contributed by atoms with van der Waals surface area (Å²) in [5.41, 5.74) is 5.15. The summed E-state index contributed by atoms with van der Waals surface area (Å²) in [7, 11) is 0. The van der Waals surface area contributed by atoms with E-state index in [4.69, 9.17) is 10.1 Å². The van der Waals surface area contributed by atoms with Gasteiger partial charge in [0, 0.05) is 34.1 Å². The molecule has 1 radical (unpaired) electrons. The van der Waals surface area contributed by atoms with E-state index in [2.05, 4.69) is 68.4 Å². The number of hydrogen-bond acceptors (Lipinski definition) is 2. The molecule has 4 rings (SSSR count). The number of carbonyl (C=O) groups excluding carboxylic acids is 1. The maximum atomic E-state index is 12.8. The van der Waals surface area contributed by atoms with Gasteiger partial charge in [0.2, 0.25) is 0 Å². The van der Waals surface area contributed by atoms with Crippen molar-refractivity contribution in [2.45, 2.75) is 52.2 Å². The quantitative estimate of drug-likeness (QED) is 0.147. The van der Waals surface area contributed by atoms with E-state index in [9.17, 15) is 4.79 Å². The van der Waals surface area contributed by atoms with Gasteiger partial charge >= 0.3 is 0 Å². The second-order valence-electron chi connectivity index (χ2n) is 9.47. The van der Waals surface area contributed by atoms with Crippen LogP contribution in [0.3, 0.4) is 0 Å². The van der Waals surface area contributed by atoms with Gasteiger partial charge in [0.1, 0.15) is 11.5 Å². The number of halogens is 2. The Labute approximate surface area is 248 Å². The first-order valence-corrected chi connectivity index (χ1v) is 14.9. The minimum atomic E-state index is -0.107. The van der Waals surface area contributed by atoms with Crippen molar-refractivity contribution in [1.29, 1.82) is 0 Å². The van der Waals surface area contributed by atoms with Crippen LogP contribution in [0.1, 0.15) is 58.8 Å². The van der Waals surface area contributed by atoms with E-state index in [1.165, 1.54) is 24.8 Å². The van der Waals surface area contributed by atoms with Crippen molar-refractivity contribution < 1.29 is 9.53 Å². The largest absolute Gasteiger partial charge is 0.457 e. The van der Waals surface area contributed by atoms with Crippen LogP contribution < -0.4 is 15.4 Å². The molecule has 0 unspecified atom stereocenters. The molecule has 0 aliphatic rings. The Bertz CT molecular complexity index is 1320. The number of rotatable bonds is 13. The van der Waals surface area contributed by atoms with Crippen LogP contribution in [0, 0.1) is 0 Å². The number of ether oxygens (including phenoxy) is 1. The van der Waals surface area contributed by atoms with Crippen LogP contribution >= 0.6 is 31.9 Å². The van der Waals surface area contributed by atoms with Crippen LogP contribution in [0.2, 0.25) is 0 Å². The highest BCUT2D eigenvalue weighted by atomic mass is 79.9. The Morgan fingerprint density at radius 2 is 1.38 bits per heavy atom. The smallest absolute Gasteiger partial charge is 0.251 e. The molecule has 39 heavy (non-hydrogen) atoms. The molecule has 0 fully saturated rings. The molecule has 4 aromatic carbocycles. The lowest BCUT2D eigenvalue weighted by molar-refractivity contribution is 0.0950. The van der Waals surface area contributed by atoms with Crippen molar-refractivity contribution in [2.75, 3.05) is 0 Å².